The number of urea groups is 2. The van der Waals surface area contributed by atoms with Crippen LogP contribution in [0.1, 0.15) is 37.8 Å². The smallest absolute Gasteiger partial charge is 0.323 e. The number of benzene rings is 2. The van der Waals surface area contributed by atoms with Crippen molar-refractivity contribution in [2.45, 2.75) is 46.1 Å². The summed E-state index contributed by atoms with van der Waals surface area (Å²) in [6, 6.07) is 10.2. The van der Waals surface area contributed by atoms with Crippen molar-refractivity contribution in [3.8, 4) is 5.75 Å². The third-order valence-corrected chi connectivity index (χ3v) is 6.07. The van der Waals surface area contributed by atoms with E-state index in [2.05, 4.69) is 26.6 Å². The summed E-state index contributed by atoms with van der Waals surface area (Å²) in [6.07, 6.45) is -0.00313. The zero-order chi connectivity index (χ0) is 30.6. The van der Waals surface area contributed by atoms with E-state index in [1.54, 1.807) is 24.3 Å². The van der Waals surface area contributed by atoms with E-state index in [1.807, 2.05) is 39.0 Å². The van der Waals surface area contributed by atoms with Crippen molar-refractivity contribution in [3.63, 3.8) is 0 Å². The van der Waals surface area contributed by atoms with Crippen LogP contribution >= 0.6 is 0 Å². The molecule has 2 rings (SSSR count). The predicted molar refractivity (Wildman–Crippen MR) is 154 cm³/mol. The first-order valence-electron chi connectivity index (χ1n) is 12.9. The zero-order valence-electron chi connectivity index (χ0n) is 23.6. The Morgan fingerprint density at radius 3 is 2.24 bits per heavy atom. The first kappa shape index (κ1) is 32.4. The van der Waals surface area contributed by atoms with Gasteiger partial charge in [-0.2, -0.15) is 0 Å². The molecule has 0 aliphatic heterocycles. The number of hydrogen-bond donors (Lipinski definition) is 7. The molecule has 0 saturated carbocycles. The van der Waals surface area contributed by atoms with Crippen LogP contribution in [0.3, 0.4) is 0 Å². The second-order valence-electron chi connectivity index (χ2n) is 10.2. The highest BCUT2D eigenvalue weighted by Gasteiger charge is 2.24. The van der Waals surface area contributed by atoms with Gasteiger partial charge in [-0.15, -0.1) is 0 Å². The number of primary amides is 1. The minimum absolute atomic E-state index is 0.140. The van der Waals surface area contributed by atoms with E-state index in [-0.39, 0.29) is 25.4 Å². The van der Waals surface area contributed by atoms with Crippen LogP contribution < -0.4 is 37.1 Å². The number of methoxy groups -OCH3 is 1. The highest BCUT2D eigenvalue weighted by Crippen LogP contribution is 2.26. The van der Waals surface area contributed by atoms with Crippen LogP contribution in [0.15, 0.2) is 42.5 Å². The lowest BCUT2D eigenvalue weighted by atomic mass is 9.93. The molecule has 0 heterocycles. The molecule has 8 N–H and O–H groups in total. The maximum Gasteiger partial charge on any atom is 0.323 e. The monoisotopic (exact) mass is 570 g/mol. The van der Waals surface area contributed by atoms with E-state index in [1.165, 1.54) is 7.11 Å². The summed E-state index contributed by atoms with van der Waals surface area (Å²) in [5.74, 6) is -1.97. The highest BCUT2D eigenvalue weighted by molar-refractivity contribution is 6.01. The number of anilines is 2. The summed E-state index contributed by atoms with van der Waals surface area (Å²) in [5.41, 5.74) is 7.52. The molecule has 41 heavy (non-hydrogen) atoms. The molecule has 2 aromatic rings. The SMILES string of the molecule is COc1cc(CCC(=O)NCC(C)(C)CNC(=O)NC(CC(=O)O)C(N)=O)ccc1NC(=O)Nc1ccccc1C. The summed E-state index contributed by atoms with van der Waals surface area (Å²) >= 11 is 0. The Morgan fingerprint density at radius 2 is 1.61 bits per heavy atom. The molecule has 2 aromatic carbocycles. The van der Waals surface area contributed by atoms with Crippen LogP contribution in [0.25, 0.3) is 0 Å². The van der Waals surface area contributed by atoms with Crippen LogP contribution in [-0.4, -0.2) is 61.2 Å². The number of rotatable bonds is 14. The molecule has 0 fully saturated rings. The fourth-order valence-electron chi connectivity index (χ4n) is 3.66. The third kappa shape index (κ3) is 11.4. The van der Waals surface area contributed by atoms with Gasteiger partial charge in [0.25, 0.3) is 0 Å². The van der Waals surface area contributed by atoms with Gasteiger partial charge in [-0.3, -0.25) is 14.4 Å². The zero-order valence-corrected chi connectivity index (χ0v) is 23.6. The highest BCUT2D eigenvalue weighted by atomic mass is 16.5. The quantitative estimate of drug-likeness (QED) is 0.181. The van der Waals surface area contributed by atoms with Crippen LogP contribution in [0.2, 0.25) is 0 Å². The Balaban J connectivity index is 1.81. The first-order valence-corrected chi connectivity index (χ1v) is 12.9. The molecule has 0 aromatic heterocycles. The van der Waals surface area contributed by atoms with E-state index >= 15 is 0 Å². The fourth-order valence-corrected chi connectivity index (χ4v) is 3.66. The van der Waals surface area contributed by atoms with Gasteiger partial charge in [0.2, 0.25) is 11.8 Å². The van der Waals surface area contributed by atoms with Gasteiger partial charge in [-0.1, -0.05) is 38.1 Å². The number of nitrogens with one attached hydrogen (secondary N) is 5. The largest absolute Gasteiger partial charge is 0.495 e. The second-order valence-corrected chi connectivity index (χ2v) is 10.2. The molecule has 13 heteroatoms. The number of para-hydroxylation sites is 1. The van der Waals surface area contributed by atoms with Crippen LogP contribution in [-0.2, 0) is 20.8 Å². The molecule has 0 radical (unpaired) electrons. The summed E-state index contributed by atoms with van der Waals surface area (Å²) < 4.78 is 5.42. The van der Waals surface area contributed by atoms with Gasteiger partial charge in [-0.05, 0) is 48.1 Å². The van der Waals surface area contributed by atoms with Crippen molar-refractivity contribution < 1.29 is 33.8 Å². The van der Waals surface area contributed by atoms with Gasteiger partial charge < -0.3 is 42.2 Å². The van der Waals surface area contributed by atoms with Crippen LogP contribution in [0.5, 0.6) is 5.75 Å². The maximum atomic E-state index is 12.5. The number of aliphatic carboxylic acids is 1. The number of ether oxygens (including phenoxy) is 1. The summed E-state index contributed by atoms with van der Waals surface area (Å²) in [6.45, 7) is 5.93. The van der Waals surface area contributed by atoms with Gasteiger partial charge in [0.15, 0.2) is 0 Å². The summed E-state index contributed by atoms with van der Waals surface area (Å²) in [4.78, 5) is 59.1. The lowest BCUT2D eigenvalue weighted by molar-refractivity contribution is -0.139. The van der Waals surface area contributed by atoms with Gasteiger partial charge in [-0.25, -0.2) is 9.59 Å². The normalized spacial score (nSPS) is 11.5. The van der Waals surface area contributed by atoms with Crippen molar-refractivity contribution in [3.05, 3.63) is 53.6 Å². The Morgan fingerprint density at radius 1 is 0.951 bits per heavy atom. The maximum absolute atomic E-state index is 12.5. The minimum Gasteiger partial charge on any atom is -0.495 e. The number of carboxylic acids is 1. The van der Waals surface area contributed by atoms with Gasteiger partial charge in [0.05, 0.1) is 19.2 Å². The van der Waals surface area contributed by atoms with Crippen LogP contribution in [0, 0.1) is 12.3 Å². The molecule has 1 unspecified atom stereocenters. The minimum atomic E-state index is -1.34. The lowest BCUT2D eigenvalue weighted by Crippen LogP contribution is -2.51. The van der Waals surface area contributed by atoms with Crippen molar-refractivity contribution in [2.75, 3.05) is 30.8 Å². The number of carbonyl (C=O) groups excluding carboxylic acids is 4. The number of hydrogen-bond acceptors (Lipinski definition) is 6. The summed E-state index contributed by atoms with van der Waals surface area (Å²) in [5, 5.41) is 22.0. The second kappa shape index (κ2) is 15.1. The van der Waals surface area contributed by atoms with E-state index in [4.69, 9.17) is 15.6 Å². The summed E-state index contributed by atoms with van der Waals surface area (Å²) in [7, 11) is 1.49. The molecule has 0 spiro atoms. The third-order valence-electron chi connectivity index (χ3n) is 6.07. The van der Waals surface area contributed by atoms with Gasteiger partial charge in [0.1, 0.15) is 11.8 Å². The molecule has 13 nitrogen and oxygen atoms in total. The Kier molecular flexibility index (Phi) is 11.9. The molecular weight excluding hydrogens is 532 g/mol. The van der Waals surface area contributed by atoms with E-state index in [9.17, 15) is 24.0 Å². The van der Waals surface area contributed by atoms with Crippen molar-refractivity contribution in [2.24, 2.45) is 11.1 Å². The molecule has 1 atom stereocenters. The average Bonchev–Trinajstić information content (AvgIpc) is 2.91. The van der Waals surface area contributed by atoms with E-state index < -0.39 is 41.8 Å². The molecule has 6 amide bonds. The first-order chi connectivity index (χ1) is 19.3. The average molecular weight is 571 g/mol. The van der Waals surface area contributed by atoms with Crippen molar-refractivity contribution in [1.82, 2.24) is 16.0 Å². The standard InChI is InChI=1S/C28H38N6O7/c1-17-7-5-6-8-19(17)32-27(40)33-20-11-9-18(13-22(20)41-4)10-12-23(35)30-15-28(2,3)16-31-26(39)34-21(25(29)38)14-24(36)37/h5-9,11,13,21H,10,12,14-16H2,1-4H3,(H2,29,38)(H,30,35)(H,36,37)(H2,31,34,39)(H2,32,33,40). The van der Waals surface area contributed by atoms with Crippen LogP contribution in [0.4, 0.5) is 21.0 Å². The van der Waals surface area contributed by atoms with E-state index in [0.717, 1.165) is 11.1 Å². The Bertz CT molecular complexity index is 1260. The van der Waals surface area contributed by atoms with Gasteiger partial charge >= 0.3 is 18.0 Å². The fraction of sp³-hybridized carbons (Fsp3) is 0.393. The topological polar surface area (TPSA) is 201 Å². The number of nitrogens with two attached hydrogens (primary N) is 1. The molecular formula is C28H38N6O7. The molecule has 0 aliphatic rings. The lowest BCUT2D eigenvalue weighted by Gasteiger charge is -2.26. The van der Waals surface area contributed by atoms with Crippen molar-refractivity contribution in [1.29, 1.82) is 0 Å². The Labute approximate surface area is 238 Å². The molecule has 222 valence electrons. The van der Waals surface area contributed by atoms with E-state index in [0.29, 0.717) is 23.5 Å². The number of carbonyl (C=O) groups is 5. The molecule has 0 bridgehead atoms. The number of aryl methyl sites for hydroxylation is 2. The van der Waals surface area contributed by atoms with Crippen molar-refractivity contribution >= 4 is 41.2 Å². The molecule has 0 aliphatic carbocycles. The van der Waals surface area contributed by atoms with Gasteiger partial charge in [0, 0.05) is 25.2 Å². The molecule has 0 saturated heterocycles. The predicted octanol–water partition coefficient (Wildman–Crippen LogP) is 2.35. The Hall–Kier alpha value is -4.81. The number of amides is 6. The number of carboxylic acid groups (broad SMARTS) is 1.